The van der Waals surface area contributed by atoms with E-state index >= 15 is 0 Å². The topological polar surface area (TPSA) is 0 Å². The highest BCUT2D eigenvalue weighted by molar-refractivity contribution is 5.08. The summed E-state index contributed by atoms with van der Waals surface area (Å²) in [5.74, 6) is 6.34. The van der Waals surface area contributed by atoms with Crippen LogP contribution in [0.25, 0.3) is 0 Å². The lowest BCUT2D eigenvalue weighted by atomic mass is 10.1. The molecule has 108 valence electrons. The zero-order valence-corrected chi connectivity index (χ0v) is 13.1. The summed E-state index contributed by atoms with van der Waals surface area (Å²) in [5.41, 5.74) is 0. The Labute approximate surface area is 121 Å². The van der Waals surface area contributed by atoms with E-state index in [9.17, 15) is 0 Å². The molecule has 0 heterocycles. The van der Waals surface area contributed by atoms with Crippen molar-refractivity contribution in [1.29, 1.82) is 0 Å². The Bertz CT molecular complexity index is 272. The molecule has 0 aromatic rings. The molecule has 0 spiro atoms. The van der Waals surface area contributed by atoms with E-state index in [0.717, 1.165) is 19.3 Å². The van der Waals surface area contributed by atoms with Gasteiger partial charge in [-0.25, -0.2) is 0 Å². The average molecular weight is 260 g/mol. The molecule has 0 aromatic carbocycles. The largest absolute Gasteiger partial charge is 0.0988 e. The number of hydrogen-bond donors (Lipinski definition) is 0. The van der Waals surface area contributed by atoms with Crippen molar-refractivity contribution < 1.29 is 0 Å². The minimum absolute atomic E-state index is 0.902. The summed E-state index contributed by atoms with van der Waals surface area (Å²) in [7, 11) is 0. The average Bonchev–Trinajstić information content (AvgIpc) is 2.43. The van der Waals surface area contributed by atoms with Gasteiger partial charge in [0.15, 0.2) is 0 Å². The fourth-order valence-electron chi connectivity index (χ4n) is 1.93. The maximum atomic E-state index is 3.18. The van der Waals surface area contributed by atoms with Crippen molar-refractivity contribution in [3.8, 4) is 11.8 Å². The van der Waals surface area contributed by atoms with Crippen LogP contribution in [0.3, 0.4) is 0 Å². The van der Waals surface area contributed by atoms with Crippen LogP contribution in [0.1, 0.15) is 84.5 Å². The molecule has 0 saturated heterocycles. The quantitative estimate of drug-likeness (QED) is 0.228. The van der Waals surface area contributed by atoms with Crippen LogP contribution in [0.5, 0.6) is 0 Å². The molecule has 0 aliphatic rings. The summed E-state index contributed by atoms with van der Waals surface area (Å²) in [5, 5.41) is 0. The lowest BCUT2D eigenvalue weighted by molar-refractivity contribution is 0.592. The lowest BCUT2D eigenvalue weighted by Gasteiger charge is -1.98. The Morgan fingerprint density at radius 2 is 1.21 bits per heavy atom. The molecule has 0 amide bonds. The normalized spacial score (nSPS) is 11.1. The third-order valence-electron chi connectivity index (χ3n) is 3.11. The first kappa shape index (κ1) is 18.0. The zero-order valence-electron chi connectivity index (χ0n) is 13.1. The van der Waals surface area contributed by atoms with Gasteiger partial charge in [-0.2, -0.15) is 0 Å². The zero-order chi connectivity index (χ0) is 14.0. The first-order chi connectivity index (χ1) is 9.41. The minimum Gasteiger partial charge on any atom is -0.0988 e. The summed E-state index contributed by atoms with van der Waals surface area (Å²) < 4.78 is 0. The minimum atomic E-state index is 0.902. The Hall–Kier alpha value is -0.960. The van der Waals surface area contributed by atoms with Crippen molar-refractivity contribution in [3.05, 3.63) is 24.3 Å². The molecular weight excluding hydrogens is 228 g/mol. The first-order valence-electron chi connectivity index (χ1n) is 8.17. The van der Waals surface area contributed by atoms with Crippen molar-refractivity contribution in [1.82, 2.24) is 0 Å². The Kier molecular flexibility index (Phi) is 16.2. The standard InChI is InChI=1S/C19H32/c1-3-5-7-9-11-13-15-17-19-18-16-14-12-10-8-6-4-2/h5,7,17,19H,3-4,6,8-10,12,14-16,18H2,1-2H3/b7-5-,19-17-. The van der Waals surface area contributed by atoms with Crippen LogP contribution in [0.4, 0.5) is 0 Å². The van der Waals surface area contributed by atoms with Gasteiger partial charge in [0, 0.05) is 12.8 Å². The van der Waals surface area contributed by atoms with Crippen LogP contribution < -0.4 is 0 Å². The maximum absolute atomic E-state index is 3.18. The second-order valence-corrected chi connectivity index (χ2v) is 5.02. The number of unbranched alkanes of at least 4 members (excludes halogenated alkanes) is 7. The second-order valence-electron chi connectivity index (χ2n) is 5.02. The summed E-state index contributed by atoms with van der Waals surface area (Å²) >= 11 is 0. The van der Waals surface area contributed by atoms with Crippen molar-refractivity contribution in [2.24, 2.45) is 0 Å². The molecule has 0 aliphatic carbocycles. The SMILES string of the molecule is CC/C=C\CC#CC/C=C\CCCCCCCCC. The molecule has 0 fully saturated rings. The third-order valence-corrected chi connectivity index (χ3v) is 3.11. The van der Waals surface area contributed by atoms with E-state index in [1.807, 2.05) is 0 Å². The monoisotopic (exact) mass is 260 g/mol. The van der Waals surface area contributed by atoms with Crippen LogP contribution in [0, 0.1) is 11.8 Å². The Morgan fingerprint density at radius 1 is 0.632 bits per heavy atom. The predicted molar refractivity (Wildman–Crippen MR) is 88.2 cm³/mol. The van der Waals surface area contributed by atoms with Gasteiger partial charge in [0.05, 0.1) is 0 Å². The van der Waals surface area contributed by atoms with Crippen molar-refractivity contribution in [3.63, 3.8) is 0 Å². The molecule has 0 atom stereocenters. The van der Waals surface area contributed by atoms with Gasteiger partial charge in [0.1, 0.15) is 0 Å². The van der Waals surface area contributed by atoms with Crippen LogP contribution in [0.15, 0.2) is 24.3 Å². The van der Waals surface area contributed by atoms with Gasteiger partial charge >= 0.3 is 0 Å². The molecule has 0 nitrogen and oxygen atoms in total. The summed E-state index contributed by atoms with van der Waals surface area (Å²) in [4.78, 5) is 0. The second kappa shape index (κ2) is 17.0. The summed E-state index contributed by atoms with van der Waals surface area (Å²) in [6.45, 7) is 4.42. The summed E-state index contributed by atoms with van der Waals surface area (Å²) in [6, 6.07) is 0. The fourth-order valence-corrected chi connectivity index (χ4v) is 1.93. The van der Waals surface area contributed by atoms with Crippen LogP contribution in [-0.4, -0.2) is 0 Å². The molecule has 0 rings (SSSR count). The Balaban J connectivity index is 3.23. The highest BCUT2D eigenvalue weighted by Gasteiger charge is 1.88. The molecule has 0 aromatic heterocycles. The Morgan fingerprint density at radius 3 is 1.84 bits per heavy atom. The molecule has 0 saturated carbocycles. The van der Waals surface area contributed by atoms with Crippen molar-refractivity contribution >= 4 is 0 Å². The molecule has 0 radical (unpaired) electrons. The highest BCUT2D eigenvalue weighted by Crippen LogP contribution is 2.08. The first-order valence-corrected chi connectivity index (χ1v) is 8.17. The smallest absolute Gasteiger partial charge is 0.0269 e. The molecular formula is C19H32. The molecule has 19 heavy (non-hydrogen) atoms. The molecule has 0 heteroatoms. The maximum Gasteiger partial charge on any atom is 0.0269 e. The van der Waals surface area contributed by atoms with Crippen molar-refractivity contribution in [2.45, 2.75) is 84.5 Å². The van der Waals surface area contributed by atoms with Crippen LogP contribution in [-0.2, 0) is 0 Å². The van der Waals surface area contributed by atoms with E-state index in [0.29, 0.717) is 0 Å². The number of rotatable bonds is 11. The predicted octanol–water partition coefficient (Wildman–Crippen LogP) is 6.43. The highest BCUT2D eigenvalue weighted by atomic mass is 13.9. The van der Waals surface area contributed by atoms with Gasteiger partial charge in [-0.05, 0) is 19.3 Å². The van der Waals surface area contributed by atoms with Crippen LogP contribution >= 0.6 is 0 Å². The lowest BCUT2D eigenvalue weighted by Crippen LogP contribution is -1.78. The van der Waals surface area contributed by atoms with Gasteiger partial charge in [-0.3, -0.25) is 0 Å². The number of allylic oxidation sites excluding steroid dienone is 4. The summed E-state index contributed by atoms with van der Waals surface area (Å²) in [6.07, 6.45) is 22.7. The molecule has 0 bridgehead atoms. The van der Waals surface area contributed by atoms with Gasteiger partial charge in [0.25, 0.3) is 0 Å². The van der Waals surface area contributed by atoms with Gasteiger partial charge in [0.2, 0.25) is 0 Å². The fraction of sp³-hybridized carbons (Fsp3) is 0.684. The van der Waals surface area contributed by atoms with Crippen molar-refractivity contribution in [2.75, 3.05) is 0 Å². The number of hydrogen-bond acceptors (Lipinski definition) is 0. The molecule has 0 unspecified atom stereocenters. The van der Waals surface area contributed by atoms with E-state index in [2.05, 4.69) is 50.0 Å². The van der Waals surface area contributed by atoms with Gasteiger partial charge in [-0.15, -0.1) is 0 Å². The van der Waals surface area contributed by atoms with E-state index in [-0.39, 0.29) is 0 Å². The van der Waals surface area contributed by atoms with Crippen LogP contribution in [0.2, 0.25) is 0 Å². The van der Waals surface area contributed by atoms with E-state index in [4.69, 9.17) is 0 Å². The van der Waals surface area contributed by atoms with Gasteiger partial charge < -0.3 is 0 Å². The van der Waals surface area contributed by atoms with E-state index in [1.165, 1.54) is 51.4 Å². The third kappa shape index (κ3) is 17.0. The van der Waals surface area contributed by atoms with E-state index in [1.54, 1.807) is 0 Å². The van der Waals surface area contributed by atoms with Gasteiger partial charge in [-0.1, -0.05) is 88.5 Å². The van der Waals surface area contributed by atoms with E-state index < -0.39 is 0 Å². The molecule has 0 aliphatic heterocycles. The molecule has 0 N–H and O–H groups in total.